The number of hydrogen-bond donors (Lipinski definition) is 0. The van der Waals surface area contributed by atoms with Crippen molar-refractivity contribution in [2.45, 2.75) is 6.42 Å². The van der Waals surface area contributed by atoms with E-state index >= 15 is 0 Å². The van der Waals surface area contributed by atoms with Crippen LogP contribution in [0.1, 0.15) is 15.9 Å². The van der Waals surface area contributed by atoms with Gasteiger partial charge in [0.15, 0.2) is 0 Å². The highest BCUT2D eigenvalue weighted by molar-refractivity contribution is 9.10. The smallest absolute Gasteiger partial charge is 0.337 e. The molecule has 0 aliphatic carbocycles. The minimum atomic E-state index is -0.404. The number of carbonyl (C=O) groups is 2. The Morgan fingerprint density at radius 3 is 2.19 bits per heavy atom. The van der Waals surface area contributed by atoms with Crippen molar-refractivity contribution in [1.29, 1.82) is 0 Å². The lowest BCUT2D eigenvalue weighted by atomic mass is 10.1. The van der Waals surface area contributed by atoms with Crippen LogP contribution in [-0.2, 0) is 16.0 Å². The molecule has 2 rings (SSSR count). The summed E-state index contributed by atoms with van der Waals surface area (Å²) in [4.78, 5) is 23.1. The Labute approximate surface area is 130 Å². The van der Waals surface area contributed by atoms with Crippen molar-refractivity contribution in [3.8, 4) is 5.75 Å². The van der Waals surface area contributed by atoms with Gasteiger partial charge in [0.1, 0.15) is 5.75 Å². The summed E-state index contributed by atoms with van der Waals surface area (Å²) >= 11 is 3.31. The number of methoxy groups -OCH3 is 1. The lowest BCUT2D eigenvalue weighted by Gasteiger charge is -2.05. The van der Waals surface area contributed by atoms with Crippen LogP contribution in [0.25, 0.3) is 0 Å². The Morgan fingerprint density at radius 1 is 1.00 bits per heavy atom. The minimum Gasteiger partial charge on any atom is -0.465 e. The summed E-state index contributed by atoms with van der Waals surface area (Å²) in [6, 6.07) is 13.7. The molecule has 0 spiro atoms. The van der Waals surface area contributed by atoms with Crippen LogP contribution < -0.4 is 4.74 Å². The highest BCUT2D eigenvalue weighted by atomic mass is 79.9. The molecular weight excluding hydrogens is 336 g/mol. The van der Waals surface area contributed by atoms with Gasteiger partial charge in [0.2, 0.25) is 0 Å². The van der Waals surface area contributed by atoms with Gasteiger partial charge >= 0.3 is 11.9 Å². The second-order valence-corrected chi connectivity index (χ2v) is 5.21. The van der Waals surface area contributed by atoms with Crippen molar-refractivity contribution >= 4 is 27.9 Å². The molecule has 5 heteroatoms. The van der Waals surface area contributed by atoms with E-state index in [1.54, 1.807) is 48.5 Å². The van der Waals surface area contributed by atoms with Crippen LogP contribution in [0.5, 0.6) is 5.75 Å². The SMILES string of the molecule is COC(=O)c1ccc(CC(=O)Oc2ccc(Br)cc2)cc1. The Bertz CT molecular complexity index is 632. The van der Waals surface area contributed by atoms with Crippen LogP contribution >= 0.6 is 15.9 Å². The highest BCUT2D eigenvalue weighted by Crippen LogP contribution is 2.17. The molecule has 0 heterocycles. The zero-order valence-electron chi connectivity index (χ0n) is 11.3. The number of ether oxygens (including phenoxy) is 2. The van der Waals surface area contributed by atoms with Crippen molar-refractivity contribution in [2.24, 2.45) is 0 Å². The van der Waals surface area contributed by atoms with Crippen LogP contribution in [0, 0.1) is 0 Å². The first kappa shape index (κ1) is 15.3. The molecule has 21 heavy (non-hydrogen) atoms. The molecule has 0 aliphatic heterocycles. The summed E-state index contributed by atoms with van der Waals surface area (Å²) in [6.07, 6.45) is 0.136. The Morgan fingerprint density at radius 2 is 1.62 bits per heavy atom. The molecule has 0 aliphatic rings. The van der Waals surface area contributed by atoms with Gasteiger partial charge in [0.25, 0.3) is 0 Å². The fraction of sp³-hybridized carbons (Fsp3) is 0.125. The number of benzene rings is 2. The van der Waals surface area contributed by atoms with Crippen molar-refractivity contribution in [3.63, 3.8) is 0 Å². The van der Waals surface area contributed by atoms with Crippen molar-refractivity contribution in [2.75, 3.05) is 7.11 Å². The van der Waals surface area contributed by atoms with Crippen LogP contribution in [0.2, 0.25) is 0 Å². The molecule has 0 N–H and O–H groups in total. The lowest BCUT2D eigenvalue weighted by Crippen LogP contribution is -2.11. The molecule has 2 aromatic rings. The number of esters is 2. The summed E-state index contributed by atoms with van der Waals surface area (Å²) in [5, 5.41) is 0. The maximum atomic E-state index is 11.8. The molecule has 4 nitrogen and oxygen atoms in total. The summed E-state index contributed by atoms with van der Waals surface area (Å²) in [5.74, 6) is -0.267. The Hall–Kier alpha value is -2.14. The molecule has 0 radical (unpaired) electrons. The number of hydrogen-bond acceptors (Lipinski definition) is 4. The molecular formula is C16H13BrO4. The van der Waals surface area contributed by atoms with Crippen LogP contribution in [0.3, 0.4) is 0 Å². The van der Waals surface area contributed by atoms with E-state index in [1.807, 2.05) is 0 Å². The highest BCUT2D eigenvalue weighted by Gasteiger charge is 2.09. The Balaban J connectivity index is 1.96. The fourth-order valence-electron chi connectivity index (χ4n) is 1.71. The third-order valence-electron chi connectivity index (χ3n) is 2.77. The summed E-state index contributed by atoms with van der Waals surface area (Å²) in [5.41, 5.74) is 1.22. The summed E-state index contributed by atoms with van der Waals surface area (Å²) in [7, 11) is 1.33. The molecule has 0 unspecified atom stereocenters. The minimum absolute atomic E-state index is 0.136. The molecule has 2 aromatic carbocycles. The largest absolute Gasteiger partial charge is 0.465 e. The van der Waals surface area contributed by atoms with E-state index in [4.69, 9.17) is 4.74 Å². The van der Waals surface area contributed by atoms with Gasteiger partial charge in [-0.3, -0.25) is 4.79 Å². The van der Waals surface area contributed by atoms with Gasteiger partial charge in [-0.25, -0.2) is 4.79 Å². The molecule has 0 atom stereocenters. The van der Waals surface area contributed by atoms with Crippen LogP contribution in [0.4, 0.5) is 0 Å². The first-order chi connectivity index (χ1) is 10.1. The van der Waals surface area contributed by atoms with Crippen molar-refractivity contribution in [3.05, 3.63) is 64.1 Å². The van der Waals surface area contributed by atoms with E-state index in [-0.39, 0.29) is 12.4 Å². The molecule has 0 bridgehead atoms. The molecule has 0 fully saturated rings. The van der Waals surface area contributed by atoms with Crippen molar-refractivity contribution < 1.29 is 19.1 Å². The normalized spacial score (nSPS) is 10.0. The first-order valence-corrected chi connectivity index (χ1v) is 7.01. The van der Waals surface area contributed by atoms with Gasteiger partial charge in [0, 0.05) is 4.47 Å². The van der Waals surface area contributed by atoms with E-state index < -0.39 is 5.97 Å². The fourth-order valence-corrected chi connectivity index (χ4v) is 1.98. The zero-order valence-corrected chi connectivity index (χ0v) is 12.9. The quantitative estimate of drug-likeness (QED) is 0.627. The maximum Gasteiger partial charge on any atom is 0.337 e. The van der Waals surface area contributed by atoms with Crippen molar-refractivity contribution in [1.82, 2.24) is 0 Å². The maximum absolute atomic E-state index is 11.8. The van der Waals surface area contributed by atoms with Gasteiger partial charge in [0.05, 0.1) is 19.1 Å². The van der Waals surface area contributed by atoms with Gasteiger partial charge < -0.3 is 9.47 Å². The predicted molar refractivity (Wildman–Crippen MR) is 81.3 cm³/mol. The van der Waals surface area contributed by atoms with E-state index in [1.165, 1.54) is 7.11 Å². The third-order valence-corrected chi connectivity index (χ3v) is 3.30. The van der Waals surface area contributed by atoms with Crippen LogP contribution in [0.15, 0.2) is 53.0 Å². The van der Waals surface area contributed by atoms with Gasteiger partial charge in [-0.05, 0) is 42.0 Å². The monoisotopic (exact) mass is 348 g/mol. The predicted octanol–water partition coefficient (Wildman–Crippen LogP) is 3.38. The number of rotatable bonds is 4. The topological polar surface area (TPSA) is 52.6 Å². The van der Waals surface area contributed by atoms with Gasteiger partial charge in [-0.2, -0.15) is 0 Å². The van der Waals surface area contributed by atoms with E-state index in [2.05, 4.69) is 20.7 Å². The second kappa shape index (κ2) is 7.04. The first-order valence-electron chi connectivity index (χ1n) is 6.22. The molecule has 0 amide bonds. The van der Waals surface area contributed by atoms with Crippen LogP contribution in [-0.4, -0.2) is 19.0 Å². The van der Waals surface area contributed by atoms with Gasteiger partial charge in [-0.1, -0.05) is 28.1 Å². The summed E-state index contributed by atoms with van der Waals surface area (Å²) < 4.78 is 10.7. The molecule has 0 saturated heterocycles. The number of halogens is 1. The standard InChI is InChI=1S/C16H13BrO4/c1-20-16(19)12-4-2-11(3-5-12)10-15(18)21-14-8-6-13(17)7-9-14/h2-9H,10H2,1H3. The van der Waals surface area contributed by atoms with Gasteiger partial charge in [-0.15, -0.1) is 0 Å². The van der Waals surface area contributed by atoms with E-state index in [9.17, 15) is 9.59 Å². The second-order valence-electron chi connectivity index (χ2n) is 4.29. The average molecular weight is 349 g/mol. The number of carbonyl (C=O) groups excluding carboxylic acids is 2. The van der Waals surface area contributed by atoms with E-state index in [0.717, 1.165) is 10.0 Å². The molecule has 108 valence electrons. The Kier molecular flexibility index (Phi) is 5.11. The van der Waals surface area contributed by atoms with E-state index in [0.29, 0.717) is 11.3 Å². The summed E-state index contributed by atoms with van der Waals surface area (Å²) in [6.45, 7) is 0. The third kappa shape index (κ3) is 4.43. The molecule has 0 aromatic heterocycles. The lowest BCUT2D eigenvalue weighted by molar-refractivity contribution is -0.133. The zero-order chi connectivity index (χ0) is 15.2. The average Bonchev–Trinajstić information content (AvgIpc) is 2.49. The molecule has 0 saturated carbocycles.